The predicted molar refractivity (Wildman–Crippen MR) is 36.6 cm³/mol. The van der Waals surface area contributed by atoms with E-state index in [-0.39, 0.29) is 12.2 Å². The van der Waals surface area contributed by atoms with Crippen molar-refractivity contribution < 1.29 is 10.2 Å². The van der Waals surface area contributed by atoms with Crippen molar-refractivity contribution in [2.24, 2.45) is 5.92 Å². The molecule has 0 saturated carbocycles. The average molecular weight is 143 g/mol. The number of nitrogens with zero attached hydrogens (tertiary/aromatic N) is 1. The van der Waals surface area contributed by atoms with Crippen molar-refractivity contribution in [3.05, 3.63) is 0 Å². The van der Waals surface area contributed by atoms with Crippen LogP contribution in [0.15, 0.2) is 0 Å². The van der Waals surface area contributed by atoms with Gasteiger partial charge in [-0.05, 0) is 6.42 Å². The van der Waals surface area contributed by atoms with Crippen LogP contribution < -0.4 is 0 Å². The largest absolute Gasteiger partial charge is 0.392 e. The molecule has 2 aliphatic heterocycles. The van der Waals surface area contributed by atoms with Crippen molar-refractivity contribution in [2.45, 2.75) is 18.6 Å². The molecular formula is C7H13NO2. The topological polar surface area (TPSA) is 43.7 Å². The molecule has 2 aliphatic rings. The van der Waals surface area contributed by atoms with Crippen LogP contribution in [0.2, 0.25) is 0 Å². The number of rotatable bonds is 0. The van der Waals surface area contributed by atoms with Crippen LogP contribution in [0.25, 0.3) is 0 Å². The summed E-state index contributed by atoms with van der Waals surface area (Å²) in [6.45, 7) is 2.51. The van der Waals surface area contributed by atoms with Crippen molar-refractivity contribution in [3.63, 3.8) is 0 Å². The lowest BCUT2D eigenvalue weighted by Crippen LogP contribution is -2.36. The number of aliphatic hydroxyl groups excluding tert-OH is 2. The number of hydrogen-bond acceptors (Lipinski definition) is 3. The third-order valence-electron chi connectivity index (χ3n) is 2.53. The Kier molecular flexibility index (Phi) is 1.44. The lowest BCUT2D eigenvalue weighted by Gasteiger charge is -2.25. The van der Waals surface area contributed by atoms with Crippen LogP contribution >= 0.6 is 0 Å². The van der Waals surface area contributed by atoms with E-state index in [1.54, 1.807) is 0 Å². The van der Waals surface area contributed by atoms with E-state index in [1.165, 1.54) is 0 Å². The second-order valence-corrected chi connectivity index (χ2v) is 3.44. The summed E-state index contributed by atoms with van der Waals surface area (Å²) >= 11 is 0. The summed E-state index contributed by atoms with van der Waals surface area (Å²) in [6.07, 6.45) is 0.408. The fourth-order valence-electron chi connectivity index (χ4n) is 2.04. The zero-order chi connectivity index (χ0) is 7.14. The highest BCUT2D eigenvalue weighted by molar-refractivity contribution is 4.90. The van der Waals surface area contributed by atoms with Gasteiger partial charge < -0.3 is 10.2 Å². The Morgan fingerprint density at radius 1 is 1.10 bits per heavy atom. The molecule has 0 amide bonds. The Bertz CT molecular complexity index is 135. The lowest BCUT2D eigenvalue weighted by atomic mass is 9.97. The summed E-state index contributed by atoms with van der Waals surface area (Å²) in [5, 5.41) is 18.6. The van der Waals surface area contributed by atoms with Gasteiger partial charge in [-0.15, -0.1) is 0 Å². The standard InChI is InChI=1S/C7H13NO2/c9-6-1-5-2-8(3-6)4-7(5)10/h5-7,9-10H,1-4H2. The van der Waals surface area contributed by atoms with E-state index in [0.717, 1.165) is 26.1 Å². The van der Waals surface area contributed by atoms with Crippen LogP contribution in [0.3, 0.4) is 0 Å². The monoisotopic (exact) mass is 143 g/mol. The highest BCUT2D eigenvalue weighted by Gasteiger charge is 2.37. The first-order chi connectivity index (χ1) is 4.75. The van der Waals surface area contributed by atoms with Gasteiger partial charge in [0.2, 0.25) is 0 Å². The molecule has 4 unspecified atom stereocenters. The van der Waals surface area contributed by atoms with Crippen molar-refractivity contribution >= 4 is 0 Å². The highest BCUT2D eigenvalue weighted by atomic mass is 16.3. The normalized spacial score (nSPS) is 53.4. The third-order valence-corrected chi connectivity index (χ3v) is 2.53. The Balaban J connectivity index is 2.06. The van der Waals surface area contributed by atoms with Gasteiger partial charge in [0.15, 0.2) is 0 Å². The molecule has 2 saturated heterocycles. The Labute approximate surface area is 60.3 Å². The lowest BCUT2D eigenvalue weighted by molar-refractivity contribution is 0.0672. The fraction of sp³-hybridized carbons (Fsp3) is 1.00. The van der Waals surface area contributed by atoms with E-state index >= 15 is 0 Å². The molecule has 2 rings (SSSR count). The van der Waals surface area contributed by atoms with Crippen LogP contribution in [-0.4, -0.2) is 47.0 Å². The Hall–Kier alpha value is -0.120. The Morgan fingerprint density at radius 2 is 1.90 bits per heavy atom. The van der Waals surface area contributed by atoms with E-state index in [9.17, 15) is 10.2 Å². The first-order valence-corrected chi connectivity index (χ1v) is 3.84. The highest BCUT2D eigenvalue weighted by Crippen LogP contribution is 2.26. The quantitative estimate of drug-likeness (QED) is 0.459. The van der Waals surface area contributed by atoms with Gasteiger partial charge in [0.25, 0.3) is 0 Å². The van der Waals surface area contributed by atoms with Crippen LogP contribution in [0.4, 0.5) is 0 Å². The minimum Gasteiger partial charge on any atom is -0.392 e. The molecule has 4 atom stereocenters. The van der Waals surface area contributed by atoms with Crippen LogP contribution in [-0.2, 0) is 0 Å². The van der Waals surface area contributed by atoms with Crippen molar-refractivity contribution in [1.82, 2.24) is 4.90 Å². The van der Waals surface area contributed by atoms with Crippen LogP contribution in [0.5, 0.6) is 0 Å². The minimum atomic E-state index is -0.198. The summed E-state index contributed by atoms with van der Waals surface area (Å²) < 4.78 is 0. The third kappa shape index (κ3) is 0.944. The zero-order valence-electron chi connectivity index (χ0n) is 5.90. The predicted octanol–water partition coefficient (Wildman–Crippen LogP) is -0.956. The Morgan fingerprint density at radius 3 is 2.60 bits per heavy atom. The molecule has 2 fully saturated rings. The van der Waals surface area contributed by atoms with Gasteiger partial charge in [-0.3, -0.25) is 4.90 Å². The molecule has 0 aromatic heterocycles. The maximum atomic E-state index is 9.36. The van der Waals surface area contributed by atoms with E-state index in [4.69, 9.17) is 0 Å². The second-order valence-electron chi connectivity index (χ2n) is 3.44. The van der Waals surface area contributed by atoms with Crippen LogP contribution in [0.1, 0.15) is 6.42 Å². The van der Waals surface area contributed by atoms with Gasteiger partial charge in [0, 0.05) is 25.6 Å². The summed E-state index contributed by atoms with van der Waals surface area (Å²) in [5.74, 6) is 0.337. The molecule has 0 aliphatic carbocycles. The van der Waals surface area contributed by atoms with Gasteiger partial charge in [0.1, 0.15) is 0 Å². The summed E-state index contributed by atoms with van der Waals surface area (Å²) in [4.78, 5) is 2.13. The maximum Gasteiger partial charge on any atom is 0.0708 e. The number of aliphatic hydroxyl groups is 2. The van der Waals surface area contributed by atoms with Crippen LogP contribution in [0, 0.1) is 5.92 Å². The molecule has 0 spiro atoms. The van der Waals surface area contributed by atoms with Crippen molar-refractivity contribution in [1.29, 1.82) is 0 Å². The van der Waals surface area contributed by atoms with E-state index in [1.807, 2.05) is 0 Å². The number of piperidine rings is 1. The van der Waals surface area contributed by atoms with Gasteiger partial charge >= 0.3 is 0 Å². The second kappa shape index (κ2) is 2.19. The smallest absolute Gasteiger partial charge is 0.0708 e. The molecular weight excluding hydrogens is 130 g/mol. The molecule has 3 heteroatoms. The molecule has 0 aromatic carbocycles. The molecule has 58 valence electrons. The first-order valence-electron chi connectivity index (χ1n) is 3.84. The molecule has 2 bridgehead atoms. The summed E-state index contributed by atoms with van der Waals surface area (Å²) in [5.41, 5.74) is 0. The minimum absolute atomic E-state index is 0.183. The van der Waals surface area contributed by atoms with E-state index in [0.29, 0.717) is 5.92 Å². The van der Waals surface area contributed by atoms with Gasteiger partial charge in [-0.1, -0.05) is 0 Å². The van der Waals surface area contributed by atoms with Gasteiger partial charge in [-0.25, -0.2) is 0 Å². The van der Waals surface area contributed by atoms with Gasteiger partial charge in [0.05, 0.1) is 12.2 Å². The van der Waals surface area contributed by atoms with E-state index in [2.05, 4.69) is 4.90 Å². The first kappa shape index (κ1) is 6.58. The average Bonchev–Trinajstić information content (AvgIpc) is 2.07. The summed E-state index contributed by atoms with van der Waals surface area (Å²) in [7, 11) is 0. The van der Waals surface area contributed by atoms with Crippen molar-refractivity contribution in [2.75, 3.05) is 19.6 Å². The molecule has 0 aromatic rings. The number of hydrogen-bond donors (Lipinski definition) is 2. The molecule has 0 radical (unpaired) electrons. The molecule has 2 heterocycles. The molecule has 3 nitrogen and oxygen atoms in total. The number of fused-ring (bicyclic) bond motifs is 2. The zero-order valence-corrected chi connectivity index (χ0v) is 5.90. The maximum absolute atomic E-state index is 9.36. The van der Waals surface area contributed by atoms with Crippen molar-refractivity contribution in [3.8, 4) is 0 Å². The van der Waals surface area contributed by atoms with Gasteiger partial charge in [-0.2, -0.15) is 0 Å². The SMILES string of the molecule is OC1CC2CN(C1)CC2O. The molecule has 2 N–H and O–H groups in total. The summed E-state index contributed by atoms with van der Waals surface area (Å²) in [6, 6.07) is 0. The van der Waals surface area contributed by atoms with E-state index < -0.39 is 0 Å². The molecule has 10 heavy (non-hydrogen) atoms. The fourth-order valence-corrected chi connectivity index (χ4v) is 2.04.